The number of ether oxygens (including phenoxy) is 1. The standard InChI is InChI=1S/C24H25FN2O2/c1-29-22-12-6-18(7-13-22)4-3-15-27-24(28)23(16-19-5-2-14-26-17-19)20-8-10-21(25)11-9-20/h2,5-14,17,23H,3-4,15-16H2,1H3,(H,27,28). The zero-order valence-electron chi connectivity index (χ0n) is 16.5. The van der Waals surface area contributed by atoms with Gasteiger partial charge in [-0.25, -0.2) is 4.39 Å². The molecule has 3 aromatic rings. The van der Waals surface area contributed by atoms with E-state index < -0.39 is 0 Å². The predicted octanol–water partition coefficient (Wildman–Crippen LogP) is 4.30. The summed E-state index contributed by atoms with van der Waals surface area (Å²) in [4.78, 5) is 17.0. The van der Waals surface area contributed by atoms with Gasteiger partial charge in [-0.3, -0.25) is 9.78 Å². The van der Waals surface area contributed by atoms with Gasteiger partial charge in [0, 0.05) is 18.9 Å². The number of rotatable bonds is 9. The van der Waals surface area contributed by atoms with Gasteiger partial charge in [0.05, 0.1) is 13.0 Å². The number of halogens is 1. The number of aromatic nitrogens is 1. The zero-order valence-corrected chi connectivity index (χ0v) is 16.5. The molecule has 150 valence electrons. The minimum atomic E-state index is -0.388. The first kappa shape index (κ1) is 20.5. The van der Waals surface area contributed by atoms with Crippen LogP contribution in [0.25, 0.3) is 0 Å². The molecule has 0 saturated heterocycles. The van der Waals surface area contributed by atoms with Crippen molar-refractivity contribution in [2.45, 2.75) is 25.2 Å². The Balaban J connectivity index is 1.59. The molecule has 0 saturated carbocycles. The Bertz CT molecular complexity index is 896. The number of carbonyl (C=O) groups excluding carboxylic acids is 1. The molecule has 0 aliphatic heterocycles. The molecule has 1 amide bonds. The Labute approximate surface area is 170 Å². The maximum atomic E-state index is 13.3. The Kier molecular flexibility index (Phi) is 7.34. The normalized spacial score (nSPS) is 11.7. The van der Waals surface area contributed by atoms with Crippen molar-refractivity contribution in [3.63, 3.8) is 0 Å². The summed E-state index contributed by atoms with van der Waals surface area (Å²) in [7, 11) is 1.65. The van der Waals surface area contributed by atoms with Gasteiger partial charge in [0.1, 0.15) is 11.6 Å². The van der Waals surface area contributed by atoms with Crippen LogP contribution in [0.5, 0.6) is 5.75 Å². The largest absolute Gasteiger partial charge is 0.497 e. The third kappa shape index (κ3) is 6.14. The molecule has 0 aliphatic carbocycles. The highest BCUT2D eigenvalue weighted by Gasteiger charge is 2.21. The molecule has 2 aromatic carbocycles. The summed E-state index contributed by atoms with van der Waals surface area (Å²) in [5.74, 6) is 0.0735. The maximum Gasteiger partial charge on any atom is 0.227 e. The first-order chi connectivity index (χ1) is 14.2. The zero-order chi connectivity index (χ0) is 20.5. The van der Waals surface area contributed by atoms with E-state index in [1.54, 1.807) is 31.6 Å². The molecular formula is C24H25FN2O2. The lowest BCUT2D eigenvalue weighted by atomic mass is 9.91. The molecule has 0 spiro atoms. The van der Waals surface area contributed by atoms with E-state index in [1.807, 2.05) is 36.4 Å². The van der Waals surface area contributed by atoms with Gasteiger partial charge >= 0.3 is 0 Å². The van der Waals surface area contributed by atoms with Gasteiger partial charge in [0.2, 0.25) is 5.91 Å². The van der Waals surface area contributed by atoms with Crippen molar-refractivity contribution in [2.24, 2.45) is 0 Å². The topological polar surface area (TPSA) is 51.2 Å². The highest BCUT2D eigenvalue weighted by atomic mass is 19.1. The SMILES string of the molecule is COc1ccc(CCCNC(=O)C(Cc2cccnc2)c2ccc(F)cc2)cc1. The van der Waals surface area contributed by atoms with Gasteiger partial charge in [-0.1, -0.05) is 30.3 Å². The fourth-order valence-electron chi connectivity index (χ4n) is 3.23. The lowest BCUT2D eigenvalue weighted by Gasteiger charge is -2.17. The van der Waals surface area contributed by atoms with Crippen LogP contribution in [0.1, 0.15) is 29.0 Å². The number of hydrogen-bond donors (Lipinski definition) is 1. The van der Waals surface area contributed by atoms with Crippen LogP contribution in [-0.4, -0.2) is 24.5 Å². The number of carbonyl (C=O) groups is 1. The van der Waals surface area contributed by atoms with Crippen LogP contribution in [0.3, 0.4) is 0 Å². The second-order valence-corrected chi connectivity index (χ2v) is 6.91. The molecule has 1 N–H and O–H groups in total. The van der Waals surface area contributed by atoms with Gasteiger partial charge in [-0.2, -0.15) is 0 Å². The number of hydrogen-bond acceptors (Lipinski definition) is 3. The summed E-state index contributed by atoms with van der Waals surface area (Å²) >= 11 is 0. The van der Waals surface area contributed by atoms with Gasteiger partial charge in [-0.15, -0.1) is 0 Å². The van der Waals surface area contributed by atoms with Crippen molar-refractivity contribution in [3.8, 4) is 5.75 Å². The fraction of sp³-hybridized carbons (Fsp3) is 0.250. The fourth-order valence-corrected chi connectivity index (χ4v) is 3.23. The number of nitrogens with one attached hydrogen (secondary N) is 1. The highest BCUT2D eigenvalue weighted by Crippen LogP contribution is 2.22. The van der Waals surface area contributed by atoms with Crippen molar-refractivity contribution in [3.05, 3.63) is 95.6 Å². The lowest BCUT2D eigenvalue weighted by Crippen LogP contribution is -2.31. The van der Waals surface area contributed by atoms with E-state index in [1.165, 1.54) is 17.7 Å². The summed E-state index contributed by atoms with van der Waals surface area (Å²) in [6, 6.07) is 17.9. The number of nitrogens with zero attached hydrogens (tertiary/aromatic N) is 1. The van der Waals surface area contributed by atoms with E-state index in [0.717, 1.165) is 29.7 Å². The van der Waals surface area contributed by atoms with Crippen LogP contribution in [0.2, 0.25) is 0 Å². The monoisotopic (exact) mass is 392 g/mol. The number of pyridine rings is 1. The van der Waals surface area contributed by atoms with Crippen LogP contribution in [0, 0.1) is 5.82 Å². The van der Waals surface area contributed by atoms with Crippen molar-refractivity contribution in [1.82, 2.24) is 10.3 Å². The minimum Gasteiger partial charge on any atom is -0.497 e. The molecule has 1 heterocycles. The third-order valence-corrected chi connectivity index (χ3v) is 4.85. The van der Waals surface area contributed by atoms with Gasteiger partial charge in [0.25, 0.3) is 0 Å². The molecule has 0 radical (unpaired) electrons. The molecule has 1 aromatic heterocycles. The second kappa shape index (κ2) is 10.4. The van der Waals surface area contributed by atoms with Crippen molar-refractivity contribution in [1.29, 1.82) is 0 Å². The van der Waals surface area contributed by atoms with Crippen LogP contribution < -0.4 is 10.1 Å². The smallest absolute Gasteiger partial charge is 0.227 e. The Morgan fingerprint density at radius 1 is 1.07 bits per heavy atom. The van der Waals surface area contributed by atoms with Crippen LogP contribution in [-0.2, 0) is 17.6 Å². The summed E-state index contributed by atoms with van der Waals surface area (Å²) in [6.45, 7) is 0.579. The predicted molar refractivity (Wildman–Crippen MR) is 111 cm³/mol. The van der Waals surface area contributed by atoms with Crippen LogP contribution >= 0.6 is 0 Å². The third-order valence-electron chi connectivity index (χ3n) is 4.85. The molecule has 0 aliphatic rings. The summed E-state index contributed by atoms with van der Waals surface area (Å²) in [6.07, 6.45) is 5.68. The van der Waals surface area contributed by atoms with E-state index in [-0.39, 0.29) is 17.6 Å². The average molecular weight is 392 g/mol. The van der Waals surface area contributed by atoms with Crippen LogP contribution in [0.15, 0.2) is 73.1 Å². The minimum absolute atomic E-state index is 0.0600. The maximum absolute atomic E-state index is 13.3. The molecule has 0 bridgehead atoms. The molecular weight excluding hydrogens is 367 g/mol. The molecule has 3 rings (SSSR count). The van der Waals surface area contributed by atoms with Gasteiger partial charge in [-0.05, 0) is 66.3 Å². The van der Waals surface area contributed by atoms with Gasteiger partial charge < -0.3 is 10.1 Å². The number of benzene rings is 2. The van der Waals surface area contributed by atoms with E-state index in [4.69, 9.17) is 4.74 Å². The van der Waals surface area contributed by atoms with Crippen molar-refractivity contribution >= 4 is 5.91 Å². The van der Waals surface area contributed by atoms with E-state index >= 15 is 0 Å². The second-order valence-electron chi connectivity index (χ2n) is 6.91. The van der Waals surface area contributed by atoms with E-state index in [0.29, 0.717) is 13.0 Å². The average Bonchev–Trinajstić information content (AvgIpc) is 2.77. The first-order valence-electron chi connectivity index (χ1n) is 9.70. The Hall–Kier alpha value is -3.21. The van der Waals surface area contributed by atoms with E-state index in [9.17, 15) is 9.18 Å². The van der Waals surface area contributed by atoms with Crippen molar-refractivity contribution < 1.29 is 13.9 Å². The molecule has 29 heavy (non-hydrogen) atoms. The Morgan fingerprint density at radius 3 is 2.48 bits per heavy atom. The lowest BCUT2D eigenvalue weighted by molar-refractivity contribution is -0.122. The van der Waals surface area contributed by atoms with Gasteiger partial charge in [0.15, 0.2) is 0 Å². The molecule has 5 heteroatoms. The quantitative estimate of drug-likeness (QED) is 0.552. The molecule has 1 atom stereocenters. The molecule has 4 nitrogen and oxygen atoms in total. The summed E-state index contributed by atoms with van der Waals surface area (Å²) < 4.78 is 18.5. The summed E-state index contributed by atoms with van der Waals surface area (Å²) in [5.41, 5.74) is 2.96. The molecule has 1 unspecified atom stereocenters. The number of methoxy groups -OCH3 is 1. The highest BCUT2D eigenvalue weighted by molar-refractivity contribution is 5.84. The number of amides is 1. The summed E-state index contributed by atoms with van der Waals surface area (Å²) in [5, 5.41) is 3.03. The Morgan fingerprint density at radius 2 is 1.83 bits per heavy atom. The molecule has 0 fully saturated rings. The number of aryl methyl sites for hydroxylation is 1. The van der Waals surface area contributed by atoms with Crippen molar-refractivity contribution in [2.75, 3.05) is 13.7 Å². The first-order valence-corrected chi connectivity index (χ1v) is 9.70. The van der Waals surface area contributed by atoms with Crippen LogP contribution in [0.4, 0.5) is 4.39 Å². The van der Waals surface area contributed by atoms with E-state index in [2.05, 4.69) is 10.3 Å².